The first-order chi connectivity index (χ1) is 23.8. The number of carbonyl (C=O) groups excluding carboxylic acids is 3. The van der Waals surface area contributed by atoms with Crippen LogP contribution in [0.2, 0.25) is 5.02 Å². The molecular formula is C37H35ClF2N6O4. The van der Waals surface area contributed by atoms with Gasteiger partial charge in [-0.05, 0) is 93.1 Å². The molecule has 2 amide bonds. The van der Waals surface area contributed by atoms with E-state index in [0.29, 0.717) is 40.2 Å². The first-order valence-corrected chi connectivity index (χ1v) is 16.4. The Bertz CT molecular complexity index is 2140. The van der Waals surface area contributed by atoms with E-state index in [1.165, 1.54) is 16.6 Å². The van der Waals surface area contributed by atoms with Crippen molar-refractivity contribution in [1.82, 2.24) is 25.2 Å². The summed E-state index contributed by atoms with van der Waals surface area (Å²) in [6.45, 7) is 7.45. The number of nitrogens with zero attached hydrogens (tertiary/aromatic N) is 3. The molecule has 1 aliphatic rings. The Morgan fingerprint density at radius 1 is 1.00 bits per heavy atom. The lowest BCUT2D eigenvalue weighted by Crippen LogP contribution is -2.31. The Kier molecular flexibility index (Phi) is 9.57. The van der Waals surface area contributed by atoms with E-state index < -0.39 is 35.0 Å². The van der Waals surface area contributed by atoms with Crippen molar-refractivity contribution < 1.29 is 27.9 Å². The number of ether oxygens (including phenoxy) is 1. The minimum Gasteiger partial charge on any atom is -0.456 e. The van der Waals surface area contributed by atoms with Crippen LogP contribution in [0.3, 0.4) is 0 Å². The highest BCUT2D eigenvalue weighted by Gasteiger charge is 2.30. The predicted molar refractivity (Wildman–Crippen MR) is 184 cm³/mol. The third kappa shape index (κ3) is 7.30. The SMILES string of the molecule is Cc1c(C(=O)OC(C)(C)C)ccc2c1CC[C@@H]2NC(=O)c1cc(C(=O)NCc2ccc(F)c(F)c2)nc2c(CNc3ccccc3Cl)cnn12. The van der Waals surface area contributed by atoms with Gasteiger partial charge in [-0.3, -0.25) is 9.59 Å². The second kappa shape index (κ2) is 13.9. The Labute approximate surface area is 292 Å². The van der Waals surface area contributed by atoms with Gasteiger partial charge in [0.05, 0.1) is 28.5 Å². The molecule has 0 unspecified atom stereocenters. The highest BCUT2D eigenvalue weighted by molar-refractivity contribution is 6.33. The number of amides is 2. The Balaban J connectivity index is 1.29. The summed E-state index contributed by atoms with van der Waals surface area (Å²) in [4.78, 5) is 44.8. The van der Waals surface area contributed by atoms with Crippen LogP contribution in [0.5, 0.6) is 0 Å². The summed E-state index contributed by atoms with van der Waals surface area (Å²) < 4.78 is 34.2. The van der Waals surface area contributed by atoms with Gasteiger partial charge in [0.2, 0.25) is 0 Å². The molecule has 0 radical (unpaired) electrons. The van der Waals surface area contributed by atoms with E-state index in [2.05, 4.69) is 26.0 Å². The summed E-state index contributed by atoms with van der Waals surface area (Å²) in [6, 6.07) is 15.1. The largest absolute Gasteiger partial charge is 0.456 e. The molecule has 6 rings (SSSR count). The molecule has 258 valence electrons. The Morgan fingerprint density at radius 3 is 2.52 bits per heavy atom. The van der Waals surface area contributed by atoms with Crippen molar-refractivity contribution in [2.24, 2.45) is 0 Å². The number of anilines is 1. The number of para-hydroxylation sites is 1. The maximum absolute atomic E-state index is 14.0. The summed E-state index contributed by atoms with van der Waals surface area (Å²) in [5.41, 5.74) is 4.38. The number of esters is 1. The van der Waals surface area contributed by atoms with Gasteiger partial charge in [0.25, 0.3) is 11.8 Å². The van der Waals surface area contributed by atoms with E-state index in [9.17, 15) is 23.2 Å². The smallest absolute Gasteiger partial charge is 0.338 e. The summed E-state index contributed by atoms with van der Waals surface area (Å²) in [5, 5.41) is 13.9. The van der Waals surface area contributed by atoms with Crippen LogP contribution in [0.15, 0.2) is 66.9 Å². The third-order valence-electron chi connectivity index (χ3n) is 8.41. The fourth-order valence-corrected chi connectivity index (χ4v) is 6.15. The fraction of sp³-hybridized carbons (Fsp3) is 0.270. The van der Waals surface area contributed by atoms with E-state index >= 15 is 0 Å². The van der Waals surface area contributed by atoms with Crippen molar-refractivity contribution in [3.63, 3.8) is 0 Å². The van der Waals surface area contributed by atoms with Crippen molar-refractivity contribution in [3.05, 3.63) is 128 Å². The van der Waals surface area contributed by atoms with Crippen LogP contribution in [0.25, 0.3) is 5.65 Å². The maximum atomic E-state index is 14.0. The summed E-state index contributed by atoms with van der Waals surface area (Å²) >= 11 is 6.32. The quantitative estimate of drug-likeness (QED) is 0.143. The molecule has 2 aromatic heterocycles. The molecule has 0 spiro atoms. The molecule has 0 bridgehead atoms. The molecule has 2 heterocycles. The molecular weight excluding hydrogens is 666 g/mol. The molecule has 10 nitrogen and oxygen atoms in total. The van der Waals surface area contributed by atoms with Gasteiger partial charge in [0, 0.05) is 24.7 Å². The number of halogens is 3. The van der Waals surface area contributed by atoms with Crippen molar-refractivity contribution in [3.8, 4) is 0 Å². The zero-order valence-electron chi connectivity index (χ0n) is 27.9. The summed E-state index contributed by atoms with van der Waals surface area (Å²) in [7, 11) is 0. The number of hydrogen-bond acceptors (Lipinski definition) is 7. The fourth-order valence-electron chi connectivity index (χ4n) is 5.95. The molecule has 0 fully saturated rings. The number of hydrogen-bond donors (Lipinski definition) is 3. The van der Waals surface area contributed by atoms with Crippen LogP contribution >= 0.6 is 11.6 Å². The molecule has 3 N–H and O–H groups in total. The van der Waals surface area contributed by atoms with Crippen molar-refractivity contribution >= 4 is 40.7 Å². The van der Waals surface area contributed by atoms with Gasteiger partial charge in [0.15, 0.2) is 17.3 Å². The van der Waals surface area contributed by atoms with Gasteiger partial charge >= 0.3 is 5.97 Å². The monoisotopic (exact) mass is 700 g/mol. The highest BCUT2D eigenvalue weighted by Crippen LogP contribution is 2.35. The first-order valence-electron chi connectivity index (χ1n) is 16.0. The van der Waals surface area contributed by atoms with E-state index in [1.54, 1.807) is 18.3 Å². The highest BCUT2D eigenvalue weighted by atomic mass is 35.5. The van der Waals surface area contributed by atoms with Gasteiger partial charge in [-0.15, -0.1) is 0 Å². The summed E-state index contributed by atoms with van der Waals surface area (Å²) in [5.74, 6) is -3.56. The van der Waals surface area contributed by atoms with Gasteiger partial charge in [0.1, 0.15) is 17.0 Å². The Hall–Kier alpha value is -5.36. The van der Waals surface area contributed by atoms with Crippen LogP contribution < -0.4 is 16.0 Å². The van der Waals surface area contributed by atoms with Gasteiger partial charge in [-0.1, -0.05) is 35.9 Å². The number of nitrogens with one attached hydrogen (secondary N) is 3. The zero-order valence-corrected chi connectivity index (χ0v) is 28.6. The average molecular weight is 701 g/mol. The van der Waals surface area contributed by atoms with Crippen LogP contribution in [0, 0.1) is 18.6 Å². The van der Waals surface area contributed by atoms with Crippen molar-refractivity contribution in [2.75, 3.05) is 5.32 Å². The number of carbonyl (C=O) groups is 3. The molecule has 13 heteroatoms. The van der Waals surface area contributed by atoms with Crippen LogP contribution in [-0.2, 0) is 24.2 Å². The molecule has 1 aliphatic carbocycles. The number of aromatic nitrogens is 3. The Morgan fingerprint density at radius 2 is 1.78 bits per heavy atom. The van der Waals surface area contributed by atoms with Crippen molar-refractivity contribution in [2.45, 2.75) is 65.3 Å². The zero-order chi connectivity index (χ0) is 35.7. The van der Waals surface area contributed by atoms with E-state index in [0.717, 1.165) is 28.8 Å². The molecule has 0 saturated heterocycles. The molecule has 50 heavy (non-hydrogen) atoms. The number of benzene rings is 3. The van der Waals surface area contributed by atoms with Gasteiger partial charge < -0.3 is 20.7 Å². The molecule has 1 atom stereocenters. The lowest BCUT2D eigenvalue weighted by Gasteiger charge is -2.21. The van der Waals surface area contributed by atoms with E-state index in [1.807, 2.05) is 52.0 Å². The van der Waals surface area contributed by atoms with Crippen molar-refractivity contribution in [1.29, 1.82) is 0 Å². The van der Waals surface area contributed by atoms with Crippen LogP contribution in [-0.4, -0.2) is 38.0 Å². The second-order valence-corrected chi connectivity index (χ2v) is 13.5. The molecule has 3 aromatic carbocycles. The number of fused-ring (bicyclic) bond motifs is 2. The standard InChI is InChI=1S/C37H35ClF2N6O4/c1-20-23-12-14-29(25(23)11-10-24(20)36(49)50-37(2,3)4)45-35(48)32-16-31(34(47)42-17-21-9-13-27(39)28(40)15-21)44-33-22(19-43-46(32)33)18-41-30-8-6-5-7-26(30)38/h5-11,13,15-16,19,29,41H,12,14,17-18H2,1-4H3,(H,42,47)(H,45,48)/t29-/m0/s1. The minimum atomic E-state index is -1.03. The molecule has 0 aliphatic heterocycles. The number of rotatable bonds is 9. The maximum Gasteiger partial charge on any atom is 0.338 e. The van der Waals surface area contributed by atoms with Gasteiger partial charge in [-0.25, -0.2) is 23.1 Å². The first kappa shape index (κ1) is 34.5. The van der Waals surface area contributed by atoms with E-state index in [4.69, 9.17) is 16.3 Å². The molecule has 0 saturated carbocycles. The van der Waals surface area contributed by atoms with Gasteiger partial charge in [-0.2, -0.15) is 5.10 Å². The predicted octanol–water partition coefficient (Wildman–Crippen LogP) is 6.88. The average Bonchev–Trinajstić information content (AvgIpc) is 3.68. The lowest BCUT2D eigenvalue weighted by molar-refractivity contribution is 0.00683. The minimum absolute atomic E-state index is 0.0625. The van der Waals surface area contributed by atoms with E-state index in [-0.39, 0.29) is 36.2 Å². The summed E-state index contributed by atoms with van der Waals surface area (Å²) in [6.07, 6.45) is 2.80. The van der Waals surface area contributed by atoms with Crippen LogP contribution in [0.4, 0.5) is 14.5 Å². The normalized spacial score (nSPS) is 13.9. The lowest BCUT2D eigenvalue weighted by atomic mass is 9.97. The third-order valence-corrected chi connectivity index (χ3v) is 8.74. The van der Waals surface area contributed by atoms with Crippen LogP contribution in [0.1, 0.15) is 92.4 Å². The topological polar surface area (TPSA) is 127 Å². The second-order valence-electron chi connectivity index (χ2n) is 13.1. The molecule has 5 aromatic rings.